The van der Waals surface area contributed by atoms with Gasteiger partial charge in [0.05, 0.1) is 0 Å². The lowest BCUT2D eigenvalue weighted by atomic mass is 9.89. The third-order valence-corrected chi connectivity index (χ3v) is 8.95. The van der Waals surface area contributed by atoms with Gasteiger partial charge in [-0.2, -0.15) is 0 Å². The lowest BCUT2D eigenvalue weighted by molar-refractivity contribution is -0.157. The molecule has 2 saturated heterocycles. The normalized spacial score (nSPS) is 24.2. The number of nitrogens with zero attached hydrogens (tertiary/aromatic N) is 6. The number of aliphatic carboxylic acids is 1. The molecule has 2 unspecified atom stereocenters. The van der Waals surface area contributed by atoms with Gasteiger partial charge in [0, 0.05) is 24.1 Å². The predicted octanol–water partition coefficient (Wildman–Crippen LogP) is 0.177. The van der Waals surface area contributed by atoms with Crippen molar-refractivity contribution in [3.8, 4) is 0 Å². The van der Waals surface area contributed by atoms with Crippen molar-refractivity contribution in [2.45, 2.75) is 15.8 Å². The molecule has 2 aromatic rings. The molecule has 0 radical (unpaired) electrons. The smallest absolute Gasteiger partial charge is 0.313 e. The van der Waals surface area contributed by atoms with Gasteiger partial charge in [-0.25, -0.2) is 9.97 Å². The van der Waals surface area contributed by atoms with E-state index >= 15 is 0 Å². The zero-order valence-electron chi connectivity index (χ0n) is 17.4. The van der Waals surface area contributed by atoms with E-state index in [9.17, 15) is 19.5 Å². The lowest BCUT2D eigenvalue weighted by Crippen LogP contribution is -2.74. The van der Waals surface area contributed by atoms with Crippen molar-refractivity contribution in [3.05, 3.63) is 22.6 Å². The zero-order chi connectivity index (χ0) is 24.5. The van der Waals surface area contributed by atoms with Crippen molar-refractivity contribution < 1.29 is 24.3 Å². The second kappa shape index (κ2) is 9.89. The number of halogens is 1. The molecule has 2 aliphatic heterocycles. The van der Waals surface area contributed by atoms with E-state index in [0.717, 1.165) is 0 Å². The number of amides is 2. The molecular weight excluding hydrogens is 528 g/mol. The Morgan fingerprint density at radius 2 is 2.29 bits per heavy atom. The molecule has 2 aromatic heterocycles. The Labute approximate surface area is 209 Å². The summed E-state index contributed by atoms with van der Waals surface area (Å²) < 4.78 is 0.654. The number of nitrogen functional groups attached to an aromatic ring is 1. The molecule has 34 heavy (non-hydrogen) atoms. The molecule has 4 rings (SSSR count). The van der Waals surface area contributed by atoms with Gasteiger partial charge in [-0.15, -0.1) is 22.0 Å². The van der Waals surface area contributed by atoms with E-state index in [2.05, 4.69) is 30.6 Å². The van der Waals surface area contributed by atoms with E-state index in [4.69, 9.17) is 22.2 Å². The summed E-state index contributed by atoms with van der Waals surface area (Å²) in [5.74, 6) is -1.82. The highest BCUT2D eigenvalue weighted by Gasteiger charge is 2.57. The summed E-state index contributed by atoms with van der Waals surface area (Å²) in [7, 11) is 1.24. The molecule has 0 aromatic carbocycles. The molecule has 2 aliphatic rings. The number of β-lactam (4-membered cyclic amide) rings is 1. The minimum Gasteiger partial charge on any atom is -0.481 e. The van der Waals surface area contributed by atoms with Gasteiger partial charge in [-0.05, 0) is 0 Å². The van der Waals surface area contributed by atoms with Crippen LogP contribution in [0.1, 0.15) is 5.82 Å². The van der Waals surface area contributed by atoms with E-state index in [1.807, 2.05) is 0 Å². The predicted molar refractivity (Wildman–Crippen MR) is 126 cm³/mol. The second-order valence-corrected chi connectivity index (χ2v) is 10.8. The number of thioether (sulfide) groups is 2. The van der Waals surface area contributed by atoms with Crippen LogP contribution in [-0.4, -0.2) is 90.2 Å². The summed E-state index contributed by atoms with van der Waals surface area (Å²) >= 11 is 9.78. The van der Waals surface area contributed by atoms with Gasteiger partial charge in [0.2, 0.25) is 11.6 Å². The van der Waals surface area contributed by atoms with Crippen molar-refractivity contribution in [3.63, 3.8) is 0 Å². The number of rotatable bonds is 8. The van der Waals surface area contributed by atoms with Crippen molar-refractivity contribution in [1.29, 1.82) is 0 Å². The van der Waals surface area contributed by atoms with Crippen LogP contribution in [0, 0.1) is 5.41 Å². The summed E-state index contributed by atoms with van der Waals surface area (Å²) in [6, 6.07) is 0.427. The Bertz CT molecular complexity index is 1130. The first-order valence-electron chi connectivity index (χ1n) is 9.51. The number of oxime groups is 1. The molecule has 2 fully saturated rings. The van der Waals surface area contributed by atoms with Gasteiger partial charge in [0.1, 0.15) is 40.4 Å². The molecular formula is C17H17ClN8O5S3. The van der Waals surface area contributed by atoms with Gasteiger partial charge in [-0.1, -0.05) is 39.9 Å². The molecule has 0 bridgehead atoms. The number of hydrogen-bond donors (Lipinski definition) is 3. The molecule has 4 heterocycles. The van der Waals surface area contributed by atoms with Crippen LogP contribution in [0.25, 0.3) is 0 Å². The third kappa shape index (κ3) is 4.75. The molecule has 0 spiro atoms. The fourth-order valence-electron chi connectivity index (χ4n) is 3.36. The molecule has 4 N–H and O–H groups in total. The maximum atomic E-state index is 12.9. The maximum Gasteiger partial charge on any atom is 0.313 e. The summed E-state index contributed by atoms with van der Waals surface area (Å²) in [5.41, 5.74) is 5.77. The number of carbonyl (C=O) groups is 3. The Morgan fingerprint density at radius 3 is 2.94 bits per heavy atom. The monoisotopic (exact) mass is 544 g/mol. The SMILES string of the molecule is CON=C(C(=O)NC1C(=O)N2CC(CSc3nncs3)(C(=O)O)CS[C@H]12)c1nc(N)cc(Cl)n1. The molecule has 180 valence electrons. The number of carboxylic acids is 1. The van der Waals surface area contributed by atoms with Crippen LogP contribution in [0.15, 0.2) is 21.1 Å². The molecule has 17 heteroatoms. The largest absolute Gasteiger partial charge is 0.481 e. The average molecular weight is 545 g/mol. The van der Waals surface area contributed by atoms with Crippen LogP contribution in [-0.2, 0) is 19.2 Å². The molecule has 2 amide bonds. The number of hydrogen-bond acceptors (Lipinski definition) is 13. The highest BCUT2D eigenvalue weighted by Crippen LogP contribution is 2.44. The van der Waals surface area contributed by atoms with Crippen LogP contribution in [0.2, 0.25) is 5.15 Å². The fourth-order valence-corrected chi connectivity index (χ4v) is 6.90. The van der Waals surface area contributed by atoms with Crippen molar-refractivity contribution in [1.82, 2.24) is 30.4 Å². The molecule has 0 aliphatic carbocycles. The summed E-state index contributed by atoms with van der Waals surface area (Å²) in [6.45, 7) is 0.0178. The number of carbonyl (C=O) groups excluding carboxylic acids is 2. The Hall–Kier alpha value is -2.69. The number of aromatic nitrogens is 4. The number of nitrogens with one attached hydrogen (secondary N) is 1. The van der Waals surface area contributed by atoms with Crippen molar-refractivity contribution in [2.24, 2.45) is 10.6 Å². The third-order valence-electron chi connectivity index (χ3n) is 5.02. The lowest BCUT2D eigenvalue weighted by Gasteiger charge is -2.53. The van der Waals surface area contributed by atoms with Crippen molar-refractivity contribution >= 4 is 75.8 Å². The van der Waals surface area contributed by atoms with Gasteiger partial charge < -0.3 is 25.9 Å². The van der Waals surface area contributed by atoms with Crippen LogP contribution in [0.4, 0.5) is 5.82 Å². The van der Waals surface area contributed by atoms with Gasteiger partial charge in [0.25, 0.3) is 5.91 Å². The average Bonchev–Trinajstić information content (AvgIpc) is 3.32. The Balaban J connectivity index is 1.45. The molecule has 3 atom stereocenters. The summed E-state index contributed by atoms with van der Waals surface area (Å²) in [6.07, 6.45) is 0. The number of anilines is 1. The topological polar surface area (TPSA) is 186 Å². The van der Waals surface area contributed by atoms with Crippen LogP contribution >= 0.6 is 46.5 Å². The highest BCUT2D eigenvalue weighted by atomic mass is 35.5. The molecule has 0 saturated carbocycles. The van der Waals surface area contributed by atoms with E-state index in [1.54, 1.807) is 5.51 Å². The maximum absolute atomic E-state index is 12.9. The van der Waals surface area contributed by atoms with Gasteiger partial charge in [0.15, 0.2) is 10.2 Å². The van der Waals surface area contributed by atoms with E-state index in [-0.39, 0.29) is 40.6 Å². The van der Waals surface area contributed by atoms with Gasteiger partial charge in [-0.3, -0.25) is 14.4 Å². The Morgan fingerprint density at radius 1 is 1.50 bits per heavy atom. The van der Waals surface area contributed by atoms with Crippen molar-refractivity contribution in [2.75, 3.05) is 30.9 Å². The minimum absolute atomic E-state index is 0.00393. The number of fused-ring (bicyclic) bond motifs is 1. The van der Waals surface area contributed by atoms with Crippen LogP contribution < -0.4 is 11.1 Å². The second-order valence-electron chi connectivity index (χ2n) is 7.26. The van der Waals surface area contributed by atoms with Crippen LogP contribution in [0.5, 0.6) is 0 Å². The van der Waals surface area contributed by atoms with Crippen LogP contribution in [0.3, 0.4) is 0 Å². The van der Waals surface area contributed by atoms with E-state index in [0.29, 0.717) is 4.34 Å². The van der Waals surface area contributed by atoms with Gasteiger partial charge >= 0.3 is 5.97 Å². The minimum atomic E-state index is -1.16. The number of nitrogens with two attached hydrogens (primary N) is 1. The summed E-state index contributed by atoms with van der Waals surface area (Å²) in [4.78, 5) is 51.9. The standard InChI is InChI=1S/C17H17ClN8O5S3/c1-31-25-9(11-21-7(18)2-8(19)22-11)12(27)23-10-13(28)26-3-17(15(29)30,4-32-14(10)26)5-33-16-24-20-6-34-16/h2,6,10,14H,3-5H2,1H3,(H,23,27)(H,29,30)(H2,19,21,22)/t10?,14-,17?/m1/s1. The fraction of sp³-hybridized carbons (Fsp3) is 0.412. The Kier molecular flexibility index (Phi) is 7.11. The first kappa shape index (κ1) is 24.4. The molecule has 13 nitrogen and oxygen atoms in total. The summed E-state index contributed by atoms with van der Waals surface area (Å²) in [5, 5.41) is 23.4. The first-order valence-corrected chi connectivity index (χ1v) is 12.8. The first-order chi connectivity index (χ1) is 16.2. The zero-order valence-corrected chi connectivity index (χ0v) is 20.6. The highest BCUT2D eigenvalue weighted by molar-refractivity contribution is 8.01. The van der Waals surface area contributed by atoms with E-state index in [1.165, 1.54) is 52.9 Å². The quantitative estimate of drug-likeness (QED) is 0.135. The number of carboxylic acid groups (broad SMARTS) is 1. The van der Waals surface area contributed by atoms with E-state index < -0.39 is 34.6 Å².